The third-order valence-electron chi connectivity index (χ3n) is 3.38. The van der Waals surface area contributed by atoms with E-state index in [4.69, 9.17) is 9.88 Å². The van der Waals surface area contributed by atoms with Crippen molar-refractivity contribution in [3.8, 4) is 5.88 Å². The SMILES string of the molecule is CN1CCCCC1COc1ccc(S(N)(=O)=O)cn1. The van der Waals surface area contributed by atoms with Gasteiger partial charge in [0.2, 0.25) is 15.9 Å². The summed E-state index contributed by atoms with van der Waals surface area (Å²) in [5.74, 6) is 0.423. The van der Waals surface area contributed by atoms with Crippen LogP contribution < -0.4 is 9.88 Å². The maximum Gasteiger partial charge on any atom is 0.239 e. The van der Waals surface area contributed by atoms with Crippen molar-refractivity contribution in [3.05, 3.63) is 18.3 Å². The minimum atomic E-state index is -3.69. The van der Waals surface area contributed by atoms with Crippen molar-refractivity contribution in [2.45, 2.75) is 30.2 Å². The third-order valence-corrected chi connectivity index (χ3v) is 4.28. The standard InChI is InChI=1S/C12H19N3O3S/c1-15-7-3-2-4-10(15)9-18-12-6-5-11(8-14-12)19(13,16)17/h5-6,8,10H,2-4,7,9H2,1H3,(H2,13,16,17). The van der Waals surface area contributed by atoms with Crippen LogP contribution in [0.1, 0.15) is 19.3 Å². The largest absolute Gasteiger partial charge is 0.476 e. The van der Waals surface area contributed by atoms with Crippen molar-refractivity contribution >= 4 is 10.0 Å². The molecule has 0 radical (unpaired) electrons. The topological polar surface area (TPSA) is 85.5 Å². The predicted octanol–water partition coefficient (Wildman–Crippen LogP) is 0.592. The van der Waals surface area contributed by atoms with E-state index in [2.05, 4.69) is 16.9 Å². The van der Waals surface area contributed by atoms with Gasteiger partial charge in [0.05, 0.1) is 6.20 Å². The second-order valence-electron chi connectivity index (χ2n) is 4.82. The third kappa shape index (κ3) is 3.89. The van der Waals surface area contributed by atoms with Crippen molar-refractivity contribution < 1.29 is 13.2 Å². The van der Waals surface area contributed by atoms with Crippen LogP contribution in [0, 0.1) is 0 Å². The highest BCUT2D eigenvalue weighted by Crippen LogP contribution is 2.17. The number of nitrogens with two attached hydrogens (primary N) is 1. The number of pyridine rings is 1. The summed E-state index contributed by atoms with van der Waals surface area (Å²) >= 11 is 0. The number of rotatable bonds is 4. The highest BCUT2D eigenvalue weighted by molar-refractivity contribution is 7.89. The van der Waals surface area contributed by atoms with Crippen LogP contribution in [-0.4, -0.2) is 44.5 Å². The van der Waals surface area contributed by atoms with E-state index in [1.54, 1.807) is 0 Å². The lowest BCUT2D eigenvalue weighted by Crippen LogP contribution is -2.40. The van der Waals surface area contributed by atoms with E-state index in [0.717, 1.165) is 13.0 Å². The van der Waals surface area contributed by atoms with Crippen LogP contribution in [0.3, 0.4) is 0 Å². The first-order valence-corrected chi connectivity index (χ1v) is 7.83. The van der Waals surface area contributed by atoms with Crippen LogP contribution in [0.25, 0.3) is 0 Å². The van der Waals surface area contributed by atoms with Gasteiger partial charge in [-0.25, -0.2) is 18.5 Å². The van der Waals surface area contributed by atoms with Crippen molar-refractivity contribution in [1.82, 2.24) is 9.88 Å². The normalized spacial score (nSPS) is 21.3. The summed E-state index contributed by atoms with van der Waals surface area (Å²) in [4.78, 5) is 6.23. The van der Waals surface area contributed by atoms with Crippen LogP contribution in [0.2, 0.25) is 0 Å². The second-order valence-corrected chi connectivity index (χ2v) is 6.38. The summed E-state index contributed by atoms with van der Waals surface area (Å²) in [5.41, 5.74) is 0. The summed E-state index contributed by atoms with van der Waals surface area (Å²) in [6.07, 6.45) is 4.78. The first-order valence-electron chi connectivity index (χ1n) is 6.29. The number of piperidine rings is 1. The molecule has 1 fully saturated rings. The molecule has 2 N–H and O–H groups in total. The Bertz CT molecular complexity index is 516. The predicted molar refractivity (Wildman–Crippen MR) is 71.4 cm³/mol. The van der Waals surface area contributed by atoms with Gasteiger partial charge in [0.1, 0.15) is 11.5 Å². The molecule has 0 saturated carbocycles. The highest BCUT2D eigenvalue weighted by atomic mass is 32.2. The van der Waals surface area contributed by atoms with Gasteiger partial charge in [0.25, 0.3) is 0 Å². The molecule has 0 spiro atoms. The molecule has 1 unspecified atom stereocenters. The minimum absolute atomic E-state index is 0.00497. The van der Waals surface area contributed by atoms with Gasteiger partial charge in [-0.05, 0) is 32.5 Å². The average molecular weight is 285 g/mol. The first-order chi connectivity index (χ1) is 8.97. The van der Waals surface area contributed by atoms with Crippen LogP contribution in [0.5, 0.6) is 5.88 Å². The number of nitrogens with zero attached hydrogens (tertiary/aromatic N) is 2. The quantitative estimate of drug-likeness (QED) is 0.875. The molecule has 1 aliphatic rings. The summed E-state index contributed by atoms with van der Waals surface area (Å²) < 4.78 is 27.8. The Balaban J connectivity index is 1.93. The van der Waals surface area contributed by atoms with Crippen molar-refractivity contribution in [3.63, 3.8) is 0 Å². The Hall–Kier alpha value is -1.18. The fourth-order valence-corrected chi connectivity index (χ4v) is 2.61. The summed E-state index contributed by atoms with van der Waals surface area (Å²) in [7, 11) is -1.60. The Kier molecular flexibility index (Phi) is 4.38. The molecule has 7 heteroatoms. The first kappa shape index (κ1) is 14.2. The van der Waals surface area contributed by atoms with E-state index >= 15 is 0 Å². The number of aromatic nitrogens is 1. The van der Waals surface area contributed by atoms with Gasteiger partial charge in [-0.2, -0.15) is 0 Å². The van der Waals surface area contributed by atoms with E-state index in [1.807, 2.05) is 0 Å². The van der Waals surface area contributed by atoms with Gasteiger partial charge in [0.15, 0.2) is 0 Å². The molecule has 0 bridgehead atoms. The molecule has 0 aliphatic carbocycles. The Labute approximate surface area is 113 Å². The second kappa shape index (κ2) is 5.85. The highest BCUT2D eigenvalue weighted by Gasteiger charge is 2.19. The zero-order valence-corrected chi connectivity index (χ0v) is 11.8. The monoisotopic (exact) mass is 285 g/mol. The maximum absolute atomic E-state index is 11.1. The van der Waals surface area contributed by atoms with E-state index in [1.165, 1.54) is 31.2 Å². The minimum Gasteiger partial charge on any atom is -0.476 e. The number of hydrogen-bond donors (Lipinski definition) is 1. The van der Waals surface area contributed by atoms with E-state index in [9.17, 15) is 8.42 Å². The number of primary sulfonamides is 1. The van der Waals surface area contributed by atoms with Crippen molar-refractivity contribution in [1.29, 1.82) is 0 Å². The van der Waals surface area contributed by atoms with Crippen LogP contribution in [0.15, 0.2) is 23.2 Å². The molecule has 106 valence electrons. The molecule has 1 aliphatic heterocycles. The number of likely N-dealkylation sites (tertiary alicyclic amines) is 1. The fraction of sp³-hybridized carbons (Fsp3) is 0.583. The van der Waals surface area contributed by atoms with Crippen molar-refractivity contribution in [2.75, 3.05) is 20.2 Å². The maximum atomic E-state index is 11.1. The molecular weight excluding hydrogens is 266 g/mol. The summed E-state index contributed by atoms with van der Waals surface area (Å²) in [6, 6.07) is 3.33. The molecule has 2 rings (SSSR count). The molecule has 0 amide bonds. The molecule has 1 aromatic rings. The lowest BCUT2D eigenvalue weighted by atomic mass is 10.0. The summed E-state index contributed by atoms with van der Waals surface area (Å²) in [5, 5.41) is 5.00. The van der Waals surface area contributed by atoms with Crippen molar-refractivity contribution in [2.24, 2.45) is 5.14 Å². The Morgan fingerprint density at radius 2 is 2.26 bits per heavy atom. The molecule has 1 saturated heterocycles. The van der Waals surface area contributed by atoms with Gasteiger partial charge in [-0.3, -0.25) is 0 Å². The Morgan fingerprint density at radius 1 is 1.47 bits per heavy atom. The molecule has 19 heavy (non-hydrogen) atoms. The molecule has 6 nitrogen and oxygen atoms in total. The lowest BCUT2D eigenvalue weighted by Gasteiger charge is -2.31. The number of likely N-dealkylation sites (N-methyl/N-ethyl adjacent to an activating group) is 1. The van der Waals surface area contributed by atoms with Gasteiger partial charge >= 0.3 is 0 Å². The smallest absolute Gasteiger partial charge is 0.239 e. The fourth-order valence-electron chi connectivity index (χ4n) is 2.16. The lowest BCUT2D eigenvalue weighted by molar-refractivity contribution is 0.122. The average Bonchev–Trinajstić information content (AvgIpc) is 2.37. The zero-order chi connectivity index (χ0) is 13.9. The van der Waals surface area contributed by atoms with E-state index < -0.39 is 10.0 Å². The molecular formula is C12H19N3O3S. The number of sulfonamides is 1. The van der Waals surface area contributed by atoms with Gasteiger partial charge < -0.3 is 9.64 Å². The van der Waals surface area contributed by atoms with Crippen LogP contribution in [0.4, 0.5) is 0 Å². The zero-order valence-electron chi connectivity index (χ0n) is 10.9. The molecule has 1 atom stereocenters. The number of ether oxygens (including phenoxy) is 1. The molecule has 2 heterocycles. The molecule has 0 aromatic carbocycles. The van der Waals surface area contributed by atoms with Gasteiger partial charge in [0, 0.05) is 12.1 Å². The van der Waals surface area contributed by atoms with Crippen LogP contribution >= 0.6 is 0 Å². The summed E-state index contributed by atoms with van der Waals surface area (Å²) in [6.45, 7) is 1.66. The number of hydrogen-bond acceptors (Lipinski definition) is 5. The van der Waals surface area contributed by atoms with E-state index in [-0.39, 0.29) is 4.90 Å². The van der Waals surface area contributed by atoms with E-state index in [0.29, 0.717) is 18.5 Å². The Morgan fingerprint density at radius 3 is 2.84 bits per heavy atom. The van der Waals surface area contributed by atoms with Gasteiger partial charge in [-0.1, -0.05) is 6.42 Å². The van der Waals surface area contributed by atoms with Crippen LogP contribution in [-0.2, 0) is 10.0 Å². The van der Waals surface area contributed by atoms with Gasteiger partial charge in [-0.15, -0.1) is 0 Å². The molecule has 1 aromatic heterocycles.